The Bertz CT molecular complexity index is 1110. The number of hydrazone groups is 1. The van der Waals surface area contributed by atoms with Gasteiger partial charge in [0.25, 0.3) is 5.91 Å². The molecule has 2 heterocycles. The summed E-state index contributed by atoms with van der Waals surface area (Å²) in [6.07, 6.45) is 1.55. The van der Waals surface area contributed by atoms with Crippen molar-refractivity contribution in [2.75, 3.05) is 27.4 Å². The van der Waals surface area contributed by atoms with Gasteiger partial charge in [-0.1, -0.05) is 18.2 Å². The molecule has 4 rings (SSSR count). The first-order valence-corrected chi connectivity index (χ1v) is 10.5. The summed E-state index contributed by atoms with van der Waals surface area (Å²) in [6.45, 7) is 0.607. The van der Waals surface area contributed by atoms with E-state index in [4.69, 9.17) is 24.4 Å². The second-order valence-corrected chi connectivity index (χ2v) is 7.33. The summed E-state index contributed by atoms with van der Waals surface area (Å²) < 4.78 is 22.5. The largest absolute Gasteiger partial charge is 0.493 e. The predicted molar refractivity (Wildman–Crippen MR) is 123 cm³/mol. The highest BCUT2D eigenvalue weighted by Gasteiger charge is 2.32. The van der Waals surface area contributed by atoms with Crippen LogP contribution in [0.5, 0.6) is 23.0 Å². The van der Waals surface area contributed by atoms with E-state index in [9.17, 15) is 4.79 Å². The first-order valence-electron chi connectivity index (χ1n) is 9.60. The van der Waals surface area contributed by atoms with E-state index in [2.05, 4.69) is 10.1 Å². The van der Waals surface area contributed by atoms with E-state index >= 15 is 0 Å². The molecule has 0 spiro atoms. The molecule has 0 fully saturated rings. The van der Waals surface area contributed by atoms with Crippen molar-refractivity contribution in [1.29, 1.82) is 5.41 Å². The van der Waals surface area contributed by atoms with Crippen LogP contribution in [0.1, 0.15) is 5.56 Å². The number of amides is 1. The van der Waals surface area contributed by atoms with Crippen LogP contribution >= 0.6 is 11.8 Å². The highest BCUT2D eigenvalue weighted by Crippen LogP contribution is 2.39. The summed E-state index contributed by atoms with van der Waals surface area (Å²) in [7, 11) is 3.03. The zero-order valence-corrected chi connectivity index (χ0v) is 18.2. The predicted octanol–water partition coefficient (Wildman–Crippen LogP) is 3.41. The van der Waals surface area contributed by atoms with E-state index in [-0.39, 0.29) is 18.0 Å². The number of carbonyl (C=O) groups excluding carboxylic acids is 1. The molecule has 2 aromatic carbocycles. The number of fused-ring (bicyclic) bond motifs is 1. The average molecular weight is 452 g/mol. The average Bonchev–Trinajstić information content (AvgIpc) is 3.28. The lowest BCUT2D eigenvalue weighted by molar-refractivity contribution is -0.114. The number of methoxy groups -OCH3 is 2. The minimum Gasteiger partial charge on any atom is -0.493 e. The van der Waals surface area contributed by atoms with Crippen LogP contribution in [0.4, 0.5) is 0 Å². The van der Waals surface area contributed by atoms with Gasteiger partial charge in [-0.15, -0.1) is 0 Å². The molecular formula is C22H20N4O5S. The van der Waals surface area contributed by atoms with Gasteiger partial charge in [-0.2, -0.15) is 15.1 Å². The highest BCUT2D eigenvalue weighted by atomic mass is 32.2. The number of para-hydroxylation sites is 1. The fourth-order valence-electron chi connectivity index (χ4n) is 3.05. The van der Waals surface area contributed by atoms with E-state index in [1.807, 2.05) is 30.3 Å². The number of benzene rings is 2. The van der Waals surface area contributed by atoms with Gasteiger partial charge in [0, 0.05) is 0 Å². The summed E-state index contributed by atoms with van der Waals surface area (Å²) in [5.41, 5.74) is 2.24. The number of rotatable bonds is 8. The van der Waals surface area contributed by atoms with Gasteiger partial charge in [-0.05, 0) is 47.7 Å². The zero-order valence-electron chi connectivity index (χ0n) is 17.4. The molecule has 9 nitrogen and oxygen atoms in total. The second kappa shape index (κ2) is 9.56. The van der Waals surface area contributed by atoms with Crippen LogP contribution in [0.25, 0.3) is 6.08 Å². The van der Waals surface area contributed by atoms with Crippen molar-refractivity contribution in [2.45, 2.75) is 0 Å². The standard InChI is InChI=1S/C22H20N4O5S/c1-28-17-11-14(10-16-20(23)26-22(25-21(16)27)32-13-24-26)12-18(29-2)19(17)31-9-8-30-15-6-4-3-5-7-15/h3-7,10-13,23H,8-9H2,1-2H3/b16-10-,23-20?. The van der Waals surface area contributed by atoms with Crippen LogP contribution in [-0.2, 0) is 4.79 Å². The van der Waals surface area contributed by atoms with Crippen LogP contribution in [-0.4, -0.2) is 54.9 Å². The fourth-order valence-corrected chi connectivity index (χ4v) is 3.66. The van der Waals surface area contributed by atoms with Crippen molar-refractivity contribution in [3.8, 4) is 23.0 Å². The van der Waals surface area contributed by atoms with Gasteiger partial charge in [0.05, 0.1) is 25.3 Å². The maximum atomic E-state index is 12.4. The maximum Gasteiger partial charge on any atom is 0.283 e. The lowest BCUT2D eigenvalue weighted by Gasteiger charge is -2.20. The number of carbonyl (C=O) groups is 1. The van der Waals surface area contributed by atoms with Gasteiger partial charge in [0.15, 0.2) is 22.5 Å². The monoisotopic (exact) mass is 452 g/mol. The number of amidine groups is 2. The molecule has 32 heavy (non-hydrogen) atoms. The molecule has 2 aliphatic heterocycles. The topological polar surface area (TPSA) is 106 Å². The maximum absolute atomic E-state index is 12.4. The molecule has 164 valence electrons. The molecule has 0 bridgehead atoms. The number of aliphatic imine (C=N–C) groups is 1. The molecule has 1 amide bonds. The Morgan fingerprint density at radius 1 is 1.06 bits per heavy atom. The Hall–Kier alpha value is -3.79. The number of nitrogens with zero attached hydrogens (tertiary/aromatic N) is 3. The Kier molecular flexibility index (Phi) is 6.41. The van der Waals surface area contributed by atoms with E-state index in [1.54, 1.807) is 18.2 Å². The number of hydrogen-bond acceptors (Lipinski definition) is 8. The highest BCUT2D eigenvalue weighted by molar-refractivity contribution is 8.25. The third kappa shape index (κ3) is 4.45. The molecule has 0 unspecified atom stereocenters. The van der Waals surface area contributed by atoms with Crippen molar-refractivity contribution in [3.63, 3.8) is 0 Å². The van der Waals surface area contributed by atoms with Crippen molar-refractivity contribution in [3.05, 3.63) is 53.6 Å². The summed E-state index contributed by atoms with van der Waals surface area (Å²) in [5, 5.41) is 14.0. The van der Waals surface area contributed by atoms with Crippen LogP contribution in [0, 0.1) is 5.41 Å². The van der Waals surface area contributed by atoms with Gasteiger partial charge in [-0.3, -0.25) is 10.2 Å². The summed E-state index contributed by atoms with van der Waals surface area (Å²) in [6, 6.07) is 12.8. The third-order valence-electron chi connectivity index (χ3n) is 4.53. The Balaban J connectivity index is 1.53. The van der Waals surface area contributed by atoms with E-state index in [0.717, 1.165) is 5.75 Å². The van der Waals surface area contributed by atoms with Crippen molar-refractivity contribution in [2.24, 2.45) is 10.1 Å². The molecule has 2 aromatic rings. The van der Waals surface area contributed by atoms with Crippen LogP contribution in [0.15, 0.2) is 58.1 Å². The van der Waals surface area contributed by atoms with Gasteiger partial charge in [0.2, 0.25) is 5.75 Å². The fraction of sp³-hybridized carbons (Fsp3) is 0.182. The number of thioether (sulfide) groups is 1. The molecule has 0 aromatic heterocycles. The molecule has 1 N–H and O–H groups in total. The summed E-state index contributed by atoms with van der Waals surface area (Å²) in [4.78, 5) is 16.4. The van der Waals surface area contributed by atoms with Crippen molar-refractivity contribution < 1.29 is 23.7 Å². The molecule has 0 saturated heterocycles. The minimum atomic E-state index is -0.504. The SMILES string of the molecule is COc1cc(/C=C2/C(=N)N3N=CSC3=NC2=O)cc(OC)c1OCCOc1ccccc1. The van der Waals surface area contributed by atoms with Gasteiger partial charge < -0.3 is 18.9 Å². The second-order valence-electron chi connectivity index (χ2n) is 6.52. The van der Waals surface area contributed by atoms with Crippen LogP contribution in [0.2, 0.25) is 0 Å². The molecule has 0 radical (unpaired) electrons. The summed E-state index contributed by atoms with van der Waals surface area (Å²) in [5.74, 6) is 1.46. The lowest BCUT2D eigenvalue weighted by Crippen LogP contribution is -2.35. The van der Waals surface area contributed by atoms with Gasteiger partial charge >= 0.3 is 0 Å². The Labute approximate surface area is 188 Å². The summed E-state index contributed by atoms with van der Waals surface area (Å²) >= 11 is 1.19. The molecular weight excluding hydrogens is 432 g/mol. The first-order chi connectivity index (χ1) is 15.6. The smallest absolute Gasteiger partial charge is 0.283 e. The third-order valence-corrected chi connectivity index (χ3v) is 5.21. The number of hydrogen-bond donors (Lipinski definition) is 1. The van der Waals surface area contributed by atoms with Gasteiger partial charge in [0.1, 0.15) is 19.0 Å². The number of nitrogens with one attached hydrogen (secondary N) is 1. The zero-order chi connectivity index (χ0) is 22.5. The minimum absolute atomic E-state index is 0.0439. The molecule has 0 saturated carbocycles. The Morgan fingerprint density at radius 3 is 2.44 bits per heavy atom. The van der Waals surface area contributed by atoms with Crippen molar-refractivity contribution in [1.82, 2.24) is 5.01 Å². The lowest BCUT2D eigenvalue weighted by atomic mass is 10.1. The van der Waals surface area contributed by atoms with E-state index in [1.165, 1.54) is 36.5 Å². The van der Waals surface area contributed by atoms with Crippen molar-refractivity contribution >= 4 is 40.3 Å². The molecule has 2 aliphatic rings. The molecule has 0 atom stereocenters. The molecule has 0 aliphatic carbocycles. The quantitative estimate of drug-likeness (QED) is 0.483. The number of ether oxygens (including phenoxy) is 4. The van der Waals surface area contributed by atoms with E-state index in [0.29, 0.717) is 34.6 Å². The molecule has 10 heteroatoms. The van der Waals surface area contributed by atoms with Crippen LogP contribution in [0.3, 0.4) is 0 Å². The van der Waals surface area contributed by atoms with Gasteiger partial charge in [-0.25, -0.2) is 0 Å². The van der Waals surface area contributed by atoms with Crippen LogP contribution < -0.4 is 18.9 Å². The Morgan fingerprint density at radius 2 is 1.75 bits per heavy atom. The van der Waals surface area contributed by atoms with E-state index < -0.39 is 5.91 Å². The first kappa shape index (κ1) is 21.4. The normalized spacial score (nSPS) is 16.1.